The second-order valence-electron chi connectivity index (χ2n) is 10.8. The Kier molecular flexibility index (Phi) is 6.71. The number of aryl methyl sites for hydroxylation is 2. The molecular formula is C28H31ClN6O3S. The quantitative estimate of drug-likeness (QED) is 0.474. The van der Waals surface area contributed by atoms with Crippen LogP contribution in [0.2, 0.25) is 5.02 Å². The predicted molar refractivity (Wildman–Crippen MR) is 151 cm³/mol. The van der Waals surface area contributed by atoms with Gasteiger partial charge in [-0.1, -0.05) is 22.9 Å². The van der Waals surface area contributed by atoms with Crippen molar-refractivity contribution in [3.05, 3.63) is 57.3 Å². The van der Waals surface area contributed by atoms with Crippen LogP contribution in [0, 0.1) is 19.8 Å². The predicted octanol–water partition coefficient (Wildman–Crippen LogP) is 4.31. The van der Waals surface area contributed by atoms with Gasteiger partial charge in [0.05, 0.1) is 23.4 Å². The lowest BCUT2D eigenvalue weighted by molar-refractivity contribution is -0.124. The van der Waals surface area contributed by atoms with E-state index in [1.165, 1.54) is 0 Å². The molecule has 1 spiro atoms. The van der Waals surface area contributed by atoms with Crippen molar-refractivity contribution in [2.75, 3.05) is 36.5 Å². The van der Waals surface area contributed by atoms with E-state index in [4.69, 9.17) is 16.3 Å². The number of anilines is 2. The number of nitrogens with one attached hydrogen (secondary N) is 1. The summed E-state index contributed by atoms with van der Waals surface area (Å²) in [6.07, 6.45) is 5.17. The Morgan fingerprint density at radius 3 is 2.64 bits per heavy atom. The van der Waals surface area contributed by atoms with Crippen molar-refractivity contribution in [2.45, 2.75) is 51.0 Å². The highest BCUT2D eigenvalue weighted by Gasteiger charge is 2.59. The number of rotatable bonds is 6. The van der Waals surface area contributed by atoms with Gasteiger partial charge in [0, 0.05) is 37.6 Å². The largest absolute Gasteiger partial charge is 0.497 e. The lowest BCUT2D eigenvalue weighted by Crippen LogP contribution is -2.64. The number of carbonyl (C=O) groups is 2. The van der Waals surface area contributed by atoms with Gasteiger partial charge in [-0.3, -0.25) is 14.6 Å². The summed E-state index contributed by atoms with van der Waals surface area (Å²) in [6, 6.07) is 7.74. The molecule has 2 amide bonds. The van der Waals surface area contributed by atoms with Gasteiger partial charge in [-0.2, -0.15) is 0 Å². The van der Waals surface area contributed by atoms with E-state index in [1.54, 1.807) is 30.7 Å². The van der Waals surface area contributed by atoms with E-state index >= 15 is 0 Å². The maximum atomic E-state index is 14.0. The Labute approximate surface area is 236 Å². The van der Waals surface area contributed by atoms with Gasteiger partial charge < -0.3 is 19.9 Å². The summed E-state index contributed by atoms with van der Waals surface area (Å²) < 4.78 is 5.52. The van der Waals surface area contributed by atoms with Crippen LogP contribution in [-0.2, 0) is 10.2 Å². The number of halogens is 1. The minimum absolute atomic E-state index is 0.0971. The molecule has 4 heterocycles. The number of ether oxygens (including phenoxy) is 1. The number of hydrogen-bond donors (Lipinski definition) is 1. The first-order valence-corrected chi connectivity index (χ1v) is 14.5. The molecule has 1 aliphatic carbocycles. The third-order valence-electron chi connectivity index (χ3n) is 8.29. The number of aromatic nitrogens is 3. The van der Waals surface area contributed by atoms with Gasteiger partial charge in [0.2, 0.25) is 11.0 Å². The third kappa shape index (κ3) is 4.63. The number of nitrogens with zero attached hydrogens (tertiary/aromatic N) is 5. The van der Waals surface area contributed by atoms with Gasteiger partial charge in [-0.15, -0.1) is 10.2 Å². The monoisotopic (exact) mass is 566 g/mol. The molecule has 2 fully saturated rings. The van der Waals surface area contributed by atoms with Gasteiger partial charge in [-0.05, 0) is 75.3 Å². The number of fused-ring (bicyclic) bond motifs is 2. The Bertz CT molecular complexity index is 1430. The van der Waals surface area contributed by atoms with Crippen LogP contribution in [0.3, 0.4) is 0 Å². The lowest BCUT2D eigenvalue weighted by Gasteiger charge is -2.46. The van der Waals surface area contributed by atoms with E-state index in [0.717, 1.165) is 52.8 Å². The highest BCUT2D eigenvalue weighted by Crippen LogP contribution is 2.50. The highest BCUT2D eigenvalue weighted by molar-refractivity contribution is 7.15. The van der Waals surface area contributed by atoms with Crippen LogP contribution < -0.4 is 19.9 Å². The Morgan fingerprint density at radius 1 is 1.18 bits per heavy atom. The summed E-state index contributed by atoms with van der Waals surface area (Å²) in [6.45, 7) is 5.61. The molecule has 0 unspecified atom stereocenters. The molecule has 0 bridgehead atoms. The summed E-state index contributed by atoms with van der Waals surface area (Å²) in [5.74, 6) is 1.14. The van der Waals surface area contributed by atoms with E-state index in [0.29, 0.717) is 41.8 Å². The van der Waals surface area contributed by atoms with Crippen LogP contribution in [0.25, 0.3) is 0 Å². The molecule has 1 saturated carbocycles. The van der Waals surface area contributed by atoms with Crippen molar-refractivity contribution < 1.29 is 14.3 Å². The number of hydrogen-bond acceptors (Lipinski definition) is 8. The summed E-state index contributed by atoms with van der Waals surface area (Å²) in [7, 11) is 1.65. The topological polar surface area (TPSA) is 101 Å². The SMILES string of the molecule is COc1ccc2c(c1)C1(CN(c3nnc(C)s3)C1)C(=O)N2CC1CCC(NC(=O)c2cc(Cl)cnc2C)CC1. The van der Waals surface area contributed by atoms with Gasteiger partial charge in [0.15, 0.2) is 0 Å². The molecule has 0 atom stereocenters. The number of methoxy groups -OCH3 is 1. The van der Waals surface area contributed by atoms with Crippen LogP contribution in [0.1, 0.15) is 52.3 Å². The summed E-state index contributed by atoms with van der Waals surface area (Å²) in [5.41, 5.74) is 2.61. The minimum atomic E-state index is -0.586. The van der Waals surface area contributed by atoms with E-state index < -0.39 is 5.41 Å². The fourth-order valence-electron chi connectivity index (χ4n) is 6.13. The molecule has 2 aromatic heterocycles. The Hall–Kier alpha value is -3.24. The van der Waals surface area contributed by atoms with Crippen molar-refractivity contribution in [1.29, 1.82) is 0 Å². The molecule has 6 rings (SSSR count). The summed E-state index contributed by atoms with van der Waals surface area (Å²) in [4.78, 5) is 35.2. The fourth-order valence-corrected chi connectivity index (χ4v) is 6.98. The number of amides is 2. The van der Waals surface area contributed by atoms with Crippen LogP contribution in [-0.4, -0.2) is 59.8 Å². The van der Waals surface area contributed by atoms with Crippen molar-refractivity contribution in [2.24, 2.45) is 5.92 Å². The molecule has 1 N–H and O–H groups in total. The Morgan fingerprint density at radius 2 is 1.95 bits per heavy atom. The first-order valence-electron chi connectivity index (χ1n) is 13.3. The van der Waals surface area contributed by atoms with Crippen LogP contribution in [0.4, 0.5) is 10.8 Å². The highest BCUT2D eigenvalue weighted by atomic mass is 35.5. The van der Waals surface area contributed by atoms with Crippen LogP contribution >= 0.6 is 22.9 Å². The molecular weight excluding hydrogens is 536 g/mol. The molecule has 39 heavy (non-hydrogen) atoms. The van der Waals surface area contributed by atoms with Crippen LogP contribution in [0.15, 0.2) is 30.5 Å². The Balaban J connectivity index is 1.13. The van der Waals surface area contributed by atoms with Crippen molar-refractivity contribution in [3.63, 3.8) is 0 Å². The number of carbonyl (C=O) groups excluding carboxylic acids is 2. The standard InChI is InChI=1S/C28H31ClN6O3S/c1-16-22(10-19(29)12-30-16)25(36)31-20-6-4-18(5-7-20)13-35-24-9-8-21(38-3)11-23(24)28(26(35)37)14-34(15-28)27-33-32-17(2)39-27/h8-12,18,20H,4-7,13-15H2,1-3H3,(H,31,36). The maximum absolute atomic E-state index is 14.0. The number of benzene rings is 1. The molecule has 9 nitrogen and oxygen atoms in total. The second kappa shape index (κ2) is 10.1. The maximum Gasteiger partial charge on any atom is 0.253 e. The van der Waals surface area contributed by atoms with E-state index in [9.17, 15) is 9.59 Å². The number of pyridine rings is 1. The molecule has 1 aromatic carbocycles. The molecule has 3 aliphatic rings. The molecule has 11 heteroatoms. The molecule has 1 saturated heterocycles. The summed E-state index contributed by atoms with van der Waals surface area (Å²) in [5, 5.41) is 13.8. The van der Waals surface area contributed by atoms with E-state index in [1.807, 2.05) is 36.9 Å². The normalized spacial score (nSPS) is 21.6. The van der Waals surface area contributed by atoms with Gasteiger partial charge in [0.1, 0.15) is 16.2 Å². The van der Waals surface area contributed by atoms with Crippen LogP contribution in [0.5, 0.6) is 5.75 Å². The molecule has 3 aromatic rings. The minimum Gasteiger partial charge on any atom is -0.497 e. The molecule has 204 valence electrons. The second-order valence-corrected chi connectivity index (χ2v) is 12.4. The van der Waals surface area contributed by atoms with E-state index in [2.05, 4.69) is 25.4 Å². The van der Waals surface area contributed by atoms with E-state index in [-0.39, 0.29) is 17.9 Å². The first kappa shape index (κ1) is 26.0. The lowest BCUT2D eigenvalue weighted by atomic mass is 9.75. The average molecular weight is 567 g/mol. The zero-order valence-electron chi connectivity index (χ0n) is 22.2. The molecule has 2 aliphatic heterocycles. The fraction of sp³-hybridized carbons (Fsp3) is 0.464. The zero-order valence-corrected chi connectivity index (χ0v) is 23.8. The van der Waals surface area contributed by atoms with Gasteiger partial charge >= 0.3 is 0 Å². The smallest absolute Gasteiger partial charge is 0.253 e. The summed E-state index contributed by atoms with van der Waals surface area (Å²) >= 11 is 7.61. The van der Waals surface area contributed by atoms with Crippen molar-refractivity contribution in [1.82, 2.24) is 20.5 Å². The average Bonchev–Trinajstić information content (AvgIpc) is 3.43. The third-order valence-corrected chi connectivity index (χ3v) is 9.40. The molecule has 0 radical (unpaired) electrons. The van der Waals surface area contributed by atoms with Crippen molar-refractivity contribution >= 4 is 45.6 Å². The first-order chi connectivity index (χ1) is 18.8. The van der Waals surface area contributed by atoms with Crippen molar-refractivity contribution in [3.8, 4) is 5.75 Å². The zero-order chi connectivity index (χ0) is 27.3. The van der Waals surface area contributed by atoms with Gasteiger partial charge in [0.25, 0.3) is 5.91 Å². The van der Waals surface area contributed by atoms with Gasteiger partial charge in [-0.25, -0.2) is 0 Å².